The Kier molecular flexibility index (Phi) is 5.55. The van der Waals surface area contributed by atoms with Crippen molar-refractivity contribution in [2.75, 3.05) is 20.2 Å². The molecule has 0 bridgehead atoms. The summed E-state index contributed by atoms with van der Waals surface area (Å²) >= 11 is 0. The second-order valence-electron chi connectivity index (χ2n) is 7.82. The van der Waals surface area contributed by atoms with E-state index < -0.39 is 5.60 Å². The van der Waals surface area contributed by atoms with Crippen molar-refractivity contribution in [1.29, 1.82) is 0 Å². The van der Waals surface area contributed by atoms with Crippen molar-refractivity contribution < 1.29 is 14.6 Å². The van der Waals surface area contributed by atoms with Crippen molar-refractivity contribution in [3.05, 3.63) is 70.8 Å². The fraction of sp³-hybridized carbons (Fsp3) is 0.348. The summed E-state index contributed by atoms with van der Waals surface area (Å²) in [5.74, 6) is 0.791. The minimum atomic E-state index is -1.04. The van der Waals surface area contributed by atoms with Gasteiger partial charge in [-0.1, -0.05) is 24.3 Å². The number of fused-ring (bicyclic) bond motifs is 1. The van der Waals surface area contributed by atoms with Crippen LogP contribution in [0.5, 0.6) is 5.75 Å². The molecule has 0 radical (unpaired) electrons. The fourth-order valence-electron chi connectivity index (χ4n) is 3.90. The minimum absolute atomic E-state index is 0.0340. The largest absolute Gasteiger partial charge is 0.497 e. The summed E-state index contributed by atoms with van der Waals surface area (Å²) in [4.78, 5) is 31.4. The van der Waals surface area contributed by atoms with Crippen LogP contribution < -0.4 is 10.3 Å². The Hall–Kier alpha value is -3.19. The zero-order chi connectivity index (χ0) is 21.1. The minimum Gasteiger partial charge on any atom is -0.497 e. The Labute approximate surface area is 174 Å². The predicted molar refractivity (Wildman–Crippen MR) is 113 cm³/mol. The number of carbonyl (C=O) groups is 1. The lowest BCUT2D eigenvalue weighted by atomic mass is 9.91. The molecule has 0 unspecified atom stereocenters. The number of rotatable bonds is 5. The van der Waals surface area contributed by atoms with E-state index in [9.17, 15) is 14.7 Å². The highest BCUT2D eigenvalue weighted by Crippen LogP contribution is 2.24. The van der Waals surface area contributed by atoms with Crippen LogP contribution >= 0.6 is 0 Å². The standard InChI is InChI=1S/C23H25N3O4/c1-30-18-8-6-17(7-9-18)14-21(27)25-12-10-23(29,11-13-25)15-26-16-24-20-5-3-2-4-19(20)22(26)28/h2-9,16,29H,10-15H2,1H3. The molecule has 7 heteroatoms. The zero-order valence-electron chi connectivity index (χ0n) is 17.0. The van der Waals surface area contributed by atoms with Gasteiger partial charge in [-0.05, 0) is 42.7 Å². The lowest BCUT2D eigenvalue weighted by Gasteiger charge is -2.38. The van der Waals surface area contributed by atoms with Crippen molar-refractivity contribution in [2.24, 2.45) is 0 Å². The summed E-state index contributed by atoms with van der Waals surface area (Å²) < 4.78 is 6.61. The van der Waals surface area contributed by atoms with E-state index in [1.807, 2.05) is 30.3 Å². The number of aromatic nitrogens is 2. The van der Waals surface area contributed by atoms with Gasteiger partial charge in [0, 0.05) is 13.1 Å². The van der Waals surface area contributed by atoms with Gasteiger partial charge < -0.3 is 14.7 Å². The van der Waals surface area contributed by atoms with Gasteiger partial charge in [-0.3, -0.25) is 14.2 Å². The van der Waals surface area contributed by atoms with E-state index in [1.54, 1.807) is 30.2 Å². The summed E-state index contributed by atoms with van der Waals surface area (Å²) in [7, 11) is 1.61. The van der Waals surface area contributed by atoms with Crippen LogP contribution in [0.2, 0.25) is 0 Å². The van der Waals surface area contributed by atoms with Crippen LogP contribution in [-0.2, 0) is 17.8 Å². The maximum atomic E-state index is 12.7. The number of likely N-dealkylation sites (tertiary alicyclic amines) is 1. The van der Waals surface area contributed by atoms with Gasteiger partial charge >= 0.3 is 0 Å². The molecule has 1 aliphatic rings. The Balaban J connectivity index is 1.39. The monoisotopic (exact) mass is 407 g/mol. The third-order valence-electron chi connectivity index (χ3n) is 5.76. The van der Waals surface area contributed by atoms with E-state index in [2.05, 4.69) is 4.98 Å². The van der Waals surface area contributed by atoms with Crippen molar-refractivity contribution >= 4 is 16.8 Å². The number of methoxy groups -OCH3 is 1. The lowest BCUT2D eigenvalue weighted by molar-refractivity contribution is -0.135. The highest BCUT2D eigenvalue weighted by atomic mass is 16.5. The molecule has 0 saturated carbocycles. The highest BCUT2D eigenvalue weighted by molar-refractivity contribution is 5.79. The lowest BCUT2D eigenvalue weighted by Crippen LogP contribution is -2.50. The van der Waals surface area contributed by atoms with Crippen LogP contribution in [0, 0.1) is 0 Å². The maximum Gasteiger partial charge on any atom is 0.261 e. The van der Waals surface area contributed by atoms with E-state index in [4.69, 9.17) is 4.74 Å². The molecule has 2 aromatic carbocycles. The Morgan fingerprint density at radius 3 is 2.53 bits per heavy atom. The number of hydrogen-bond donors (Lipinski definition) is 1. The maximum absolute atomic E-state index is 12.7. The number of nitrogens with zero attached hydrogens (tertiary/aromatic N) is 3. The molecule has 3 aromatic rings. The molecule has 1 N–H and O–H groups in total. The van der Waals surface area contributed by atoms with E-state index in [-0.39, 0.29) is 18.0 Å². The first kappa shape index (κ1) is 20.1. The summed E-state index contributed by atoms with van der Waals surface area (Å²) in [5.41, 5.74) is 0.373. The molecule has 0 atom stereocenters. The Morgan fingerprint density at radius 1 is 1.13 bits per heavy atom. The molecule has 1 aliphatic heterocycles. The van der Waals surface area contributed by atoms with Crippen LogP contribution in [0.3, 0.4) is 0 Å². The van der Waals surface area contributed by atoms with Crippen molar-refractivity contribution in [3.63, 3.8) is 0 Å². The van der Waals surface area contributed by atoms with Gasteiger partial charge in [-0.15, -0.1) is 0 Å². The molecule has 2 heterocycles. The van der Waals surface area contributed by atoms with Crippen LogP contribution in [0.1, 0.15) is 18.4 Å². The third-order valence-corrected chi connectivity index (χ3v) is 5.76. The smallest absolute Gasteiger partial charge is 0.261 e. The highest BCUT2D eigenvalue weighted by Gasteiger charge is 2.34. The molecule has 1 fully saturated rings. The van der Waals surface area contributed by atoms with Gasteiger partial charge in [0.25, 0.3) is 5.56 Å². The molecule has 1 amide bonds. The molecule has 156 valence electrons. The number of piperidine rings is 1. The van der Waals surface area contributed by atoms with Gasteiger partial charge in [0.2, 0.25) is 5.91 Å². The van der Waals surface area contributed by atoms with Crippen molar-refractivity contribution in [3.8, 4) is 5.75 Å². The molecule has 4 rings (SSSR count). The number of aliphatic hydroxyl groups is 1. The Morgan fingerprint density at radius 2 is 1.83 bits per heavy atom. The molecule has 7 nitrogen and oxygen atoms in total. The quantitative estimate of drug-likeness (QED) is 0.699. The molecule has 30 heavy (non-hydrogen) atoms. The zero-order valence-corrected chi connectivity index (χ0v) is 17.0. The van der Waals surface area contributed by atoms with Gasteiger partial charge in [0.1, 0.15) is 5.75 Å². The van der Waals surface area contributed by atoms with Crippen molar-refractivity contribution in [2.45, 2.75) is 31.4 Å². The second-order valence-corrected chi connectivity index (χ2v) is 7.82. The molecular formula is C23H25N3O4. The average Bonchev–Trinajstić information content (AvgIpc) is 2.77. The average molecular weight is 407 g/mol. The first-order chi connectivity index (χ1) is 14.5. The van der Waals surface area contributed by atoms with Crippen molar-refractivity contribution in [1.82, 2.24) is 14.5 Å². The van der Waals surface area contributed by atoms with E-state index in [0.717, 1.165) is 11.3 Å². The number of hydrogen-bond acceptors (Lipinski definition) is 5. The number of para-hydroxylation sites is 1. The Bertz CT molecular complexity index is 1100. The first-order valence-corrected chi connectivity index (χ1v) is 10.0. The van der Waals surface area contributed by atoms with Gasteiger partial charge in [0.05, 0.1) is 42.9 Å². The fourth-order valence-corrected chi connectivity index (χ4v) is 3.90. The third kappa shape index (κ3) is 4.21. The van der Waals surface area contributed by atoms with E-state index >= 15 is 0 Å². The van der Waals surface area contributed by atoms with Crippen LogP contribution in [0.15, 0.2) is 59.7 Å². The number of benzene rings is 2. The second kappa shape index (κ2) is 8.28. The van der Waals surface area contributed by atoms with Crippen LogP contribution in [-0.4, -0.2) is 51.3 Å². The predicted octanol–water partition coefficient (Wildman–Crippen LogP) is 2.00. The topological polar surface area (TPSA) is 84.7 Å². The van der Waals surface area contributed by atoms with Gasteiger partial charge in [-0.25, -0.2) is 4.98 Å². The summed E-state index contributed by atoms with van der Waals surface area (Å²) in [6.07, 6.45) is 2.64. The van der Waals surface area contributed by atoms with Crippen LogP contribution in [0.25, 0.3) is 10.9 Å². The number of ether oxygens (including phenoxy) is 1. The molecule has 1 saturated heterocycles. The van der Waals surface area contributed by atoms with E-state index in [1.165, 1.54) is 10.9 Å². The number of carbonyl (C=O) groups excluding carboxylic acids is 1. The number of amides is 1. The van der Waals surface area contributed by atoms with Crippen LogP contribution in [0.4, 0.5) is 0 Å². The SMILES string of the molecule is COc1ccc(CC(=O)N2CCC(O)(Cn3cnc4ccccc4c3=O)CC2)cc1. The first-order valence-electron chi connectivity index (χ1n) is 10.0. The summed E-state index contributed by atoms with van der Waals surface area (Å²) in [6.45, 7) is 1.09. The molecule has 1 aromatic heterocycles. The molecular weight excluding hydrogens is 382 g/mol. The van der Waals surface area contributed by atoms with Gasteiger partial charge in [0.15, 0.2) is 0 Å². The van der Waals surface area contributed by atoms with Gasteiger partial charge in [-0.2, -0.15) is 0 Å². The summed E-state index contributed by atoms with van der Waals surface area (Å²) in [6, 6.07) is 14.6. The van der Waals surface area contributed by atoms with E-state index in [0.29, 0.717) is 43.3 Å². The molecule has 0 spiro atoms. The molecule has 0 aliphatic carbocycles. The summed E-state index contributed by atoms with van der Waals surface area (Å²) in [5, 5.41) is 11.6. The normalized spacial score (nSPS) is 15.9.